The monoisotopic (exact) mass is 483 g/mol. The molecule has 0 bridgehead atoms. The number of aromatic nitrogens is 1. The standard InChI is InChI=1S/C29H29N3O2S/c1-33-24-15-13-22(14-16-24)25-18-27(28-8-5-17-34-28)32(31-25)29-30-26(19-35-29)23-11-9-21(10-12-23)20-6-3-2-4-7-20/h5,8-17,19-20,27H,2-4,6-7,18H2,1H3/t27-/m1/s1. The maximum Gasteiger partial charge on any atom is 0.207 e. The summed E-state index contributed by atoms with van der Waals surface area (Å²) in [7, 11) is 1.68. The van der Waals surface area contributed by atoms with Gasteiger partial charge >= 0.3 is 0 Å². The van der Waals surface area contributed by atoms with Crippen molar-refractivity contribution in [2.45, 2.75) is 50.5 Å². The Labute approximate surface area is 210 Å². The summed E-state index contributed by atoms with van der Waals surface area (Å²) in [4.78, 5) is 5.00. The highest BCUT2D eigenvalue weighted by molar-refractivity contribution is 7.14. The highest BCUT2D eigenvalue weighted by Crippen LogP contribution is 2.40. The summed E-state index contributed by atoms with van der Waals surface area (Å²) in [6.45, 7) is 0. The predicted molar refractivity (Wildman–Crippen MR) is 141 cm³/mol. The SMILES string of the molecule is COc1ccc(C2=NN(c3nc(-c4ccc(C5CCCCC5)cc4)cs3)[C@@H](c3ccco3)C2)cc1. The molecule has 0 amide bonds. The zero-order valence-electron chi connectivity index (χ0n) is 19.9. The van der Waals surface area contributed by atoms with Gasteiger partial charge in [0, 0.05) is 17.4 Å². The first-order valence-electron chi connectivity index (χ1n) is 12.4. The third kappa shape index (κ3) is 4.50. The molecule has 4 aromatic rings. The summed E-state index contributed by atoms with van der Waals surface area (Å²) < 4.78 is 11.1. The van der Waals surface area contributed by atoms with Crippen LogP contribution in [0.5, 0.6) is 5.75 Å². The lowest BCUT2D eigenvalue weighted by Gasteiger charge is -2.22. The van der Waals surface area contributed by atoms with E-state index in [0.717, 1.165) is 45.6 Å². The average molecular weight is 484 g/mol. The van der Waals surface area contributed by atoms with Gasteiger partial charge in [-0.15, -0.1) is 11.3 Å². The second kappa shape index (κ2) is 9.70. The number of anilines is 1. The van der Waals surface area contributed by atoms with E-state index >= 15 is 0 Å². The second-order valence-corrected chi connectivity index (χ2v) is 10.2. The maximum atomic E-state index is 5.79. The molecule has 0 radical (unpaired) electrons. The third-order valence-corrected chi connectivity index (χ3v) is 8.01. The Bertz CT molecular complexity index is 1290. The molecule has 6 rings (SSSR count). The molecule has 2 aromatic carbocycles. The number of rotatable bonds is 6. The Kier molecular flexibility index (Phi) is 6.13. The number of hydrazone groups is 1. The Morgan fingerprint density at radius 3 is 2.43 bits per heavy atom. The van der Waals surface area contributed by atoms with Gasteiger partial charge in [-0.2, -0.15) is 5.10 Å². The Morgan fingerprint density at radius 2 is 1.71 bits per heavy atom. The fourth-order valence-electron chi connectivity index (χ4n) is 5.21. The summed E-state index contributed by atoms with van der Waals surface area (Å²) in [5.41, 5.74) is 5.71. The van der Waals surface area contributed by atoms with Crippen LogP contribution < -0.4 is 9.75 Å². The van der Waals surface area contributed by atoms with E-state index in [-0.39, 0.29) is 6.04 Å². The molecule has 0 saturated heterocycles. The molecular weight excluding hydrogens is 454 g/mol. The molecule has 6 heteroatoms. The molecule has 1 aliphatic carbocycles. The van der Waals surface area contributed by atoms with Crippen LogP contribution in [0.15, 0.2) is 81.8 Å². The molecule has 178 valence electrons. The summed E-state index contributed by atoms with van der Waals surface area (Å²) in [5, 5.41) is 10.0. The lowest BCUT2D eigenvalue weighted by atomic mass is 9.84. The molecule has 1 saturated carbocycles. The highest BCUT2D eigenvalue weighted by atomic mass is 32.1. The van der Waals surface area contributed by atoms with Crippen molar-refractivity contribution < 1.29 is 9.15 Å². The van der Waals surface area contributed by atoms with Crippen molar-refractivity contribution in [3.05, 3.63) is 89.2 Å². The topological polar surface area (TPSA) is 50.9 Å². The van der Waals surface area contributed by atoms with Crippen molar-refractivity contribution in [2.75, 3.05) is 12.1 Å². The fourth-order valence-corrected chi connectivity index (χ4v) is 6.04. The number of hydrogen-bond donors (Lipinski definition) is 0. The van der Waals surface area contributed by atoms with Crippen LogP contribution in [0.25, 0.3) is 11.3 Å². The molecule has 5 nitrogen and oxygen atoms in total. The van der Waals surface area contributed by atoms with E-state index in [1.54, 1.807) is 24.7 Å². The van der Waals surface area contributed by atoms with Gasteiger partial charge in [-0.1, -0.05) is 43.5 Å². The minimum Gasteiger partial charge on any atom is -0.497 e. The molecule has 0 N–H and O–H groups in total. The molecular formula is C29H29N3O2S. The summed E-state index contributed by atoms with van der Waals surface area (Å²) in [5.74, 6) is 2.45. The molecule has 0 unspecified atom stereocenters. The number of ether oxygens (including phenoxy) is 1. The highest BCUT2D eigenvalue weighted by Gasteiger charge is 2.33. The van der Waals surface area contributed by atoms with Crippen molar-refractivity contribution in [3.8, 4) is 17.0 Å². The molecule has 1 atom stereocenters. The molecule has 1 fully saturated rings. The van der Waals surface area contributed by atoms with Crippen molar-refractivity contribution in [2.24, 2.45) is 5.10 Å². The first-order valence-corrected chi connectivity index (χ1v) is 13.3. The van der Waals surface area contributed by atoms with Crippen molar-refractivity contribution in [1.82, 2.24) is 4.98 Å². The average Bonchev–Trinajstić information content (AvgIpc) is 3.70. The quantitative estimate of drug-likeness (QED) is 0.281. The molecule has 0 spiro atoms. The largest absolute Gasteiger partial charge is 0.497 e. The van der Waals surface area contributed by atoms with Gasteiger partial charge in [-0.05, 0) is 66.3 Å². The van der Waals surface area contributed by atoms with E-state index in [2.05, 4.69) is 41.8 Å². The van der Waals surface area contributed by atoms with Crippen molar-refractivity contribution >= 4 is 22.2 Å². The van der Waals surface area contributed by atoms with Crippen LogP contribution in [0.1, 0.15) is 67.4 Å². The van der Waals surface area contributed by atoms with Crippen molar-refractivity contribution in [1.29, 1.82) is 0 Å². The van der Waals surface area contributed by atoms with Crippen LogP contribution in [-0.4, -0.2) is 17.8 Å². The molecule has 2 aromatic heterocycles. The first kappa shape index (κ1) is 22.1. The van der Waals surface area contributed by atoms with Crippen LogP contribution >= 0.6 is 11.3 Å². The van der Waals surface area contributed by atoms with Crippen LogP contribution in [-0.2, 0) is 0 Å². The maximum absolute atomic E-state index is 5.79. The van der Waals surface area contributed by atoms with Gasteiger partial charge in [0.25, 0.3) is 0 Å². The molecule has 3 heterocycles. The van der Waals surface area contributed by atoms with Crippen molar-refractivity contribution in [3.63, 3.8) is 0 Å². The Balaban J connectivity index is 1.27. The molecule has 1 aliphatic heterocycles. The normalized spacial score (nSPS) is 18.6. The van der Waals surface area contributed by atoms with E-state index in [4.69, 9.17) is 19.2 Å². The number of hydrogen-bond acceptors (Lipinski definition) is 6. The summed E-state index contributed by atoms with van der Waals surface area (Å²) in [6.07, 6.45) is 9.20. The van der Waals surface area contributed by atoms with E-state index in [1.807, 2.05) is 29.3 Å². The van der Waals surface area contributed by atoms with Crippen LogP contribution in [0.2, 0.25) is 0 Å². The number of thiazole rings is 1. The van der Waals surface area contributed by atoms with Gasteiger partial charge in [-0.3, -0.25) is 0 Å². The zero-order chi connectivity index (χ0) is 23.6. The van der Waals surface area contributed by atoms with Gasteiger partial charge in [0.05, 0.1) is 24.8 Å². The number of furan rings is 1. The predicted octanol–water partition coefficient (Wildman–Crippen LogP) is 7.82. The second-order valence-electron chi connectivity index (χ2n) is 9.33. The minimum absolute atomic E-state index is 0.0187. The number of methoxy groups -OCH3 is 1. The number of benzene rings is 2. The van der Waals surface area contributed by atoms with E-state index in [0.29, 0.717) is 5.92 Å². The van der Waals surface area contributed by atoms with Gasteiger partial charge < -0.3 is 9.15 Å². The van der Waals surface area contributed by atoms with E-state index < -0.39 is 0 Å². The van der Waals surface area contributed by atoms with E-state index in [9.17, 15) is 0 Å². The Morgan fingerprint density at radius 1 is 0.943 bits per heavy atom. The van der Waals surface area contributed by atoms with Crippen LogP contribution in [0.3, 0.4) is 0 Å². The van der Waals surface area contributed by atoms with Gasteiger partial charge in [-0.25, -0.2) is 9.99 Å². The smallest absolute Gasteiger partial charge is 0.207 e. The zero-order valence-corrected chi connectivity index (χ0v) is 20.7. The lowest BCUT2D eigenvalue weighted by molar-refractivity contribution is 0.415. The fraction of sp³-hybridized carbons (Fsp3) is 0.310. The molecule has 35 heavy (non-hydrogen) atoms. The van der Waals surface area contributed by atoms with E-state index in [1.165, 1.54) is 37.7 Å². The third-order valence-electron chi connectivity index (χ3n) is 7.18. The Hall–Kier alpha value is -3.38. The first-order chi connectivity index (χ1) is 17.3. The van der Waals surface area contributed by atoms with Crippen LogP contribution in [0, 0.1) is 0 Å². The number of nitrogens with zero attached hydrogens (tertiary/aromatic N) is 3. The van der Waals surface area contributed by atoms with Gasteiger partial charge in [0.2, 0.25) is 5.13 Å². The minimum atomic E-state index is -0.0187. The lowest BCUT2D eigenvalue weighted by Crippen LogP contribution is -2.17. The summed E-state index contributed by atoms with van der Waals surface area (Å²) >= 11 is 1.62. The van der Waals surface area contributed by atoms with Crippen LogP contribution in [0.4, 0.5) is 5.13 Å². The van der Waals surface area contributed by atoms with Gasteiger partial charge in [0.15, 0.2) is 0 Å². The van der Waals surface area contributed by atoms with Gasteiger partial charge in [0.1, 0.15) is 17.6 Å². The summed E-state index contributed by atoms with van der Waals surface area (Å²) in [6, 6.07) is 21.0. The molecule has 2 aliphatic rings.